The van der Waals surface area contributed by atoms with Crippen molar-refractivity contribution in [2.24, 2.45) is 12.0 Å². The van der Waals surface area contributed by atoms with Crippen LogP contribution in [0.25, 0.3) is 21.8 Å². The molecule has 4 aromatic rings. The van der Waals surface area contributed by atoms with Crippen LogP contribution in [-0.4, -0.2) is 35.6 Å². The van der Waals surface area contributed by atoms with Gasteiger partial charge in [-0.1, -0.05) is 23.2 Å². The molecule has 0 atom stereocenters. The second-order valence-electron chi connectivity index (χ2n) is 6.92. The molecular weight excluding hydrogens is 451 g/mol. The second kappa shape index (κ2) is 9.06. The molecule has 2 aromatic carbocycles. The number of rotatable bonds is 6. The summed E-state index contributed by atoms with van der Waals surface area (Å²) in [6, 6.07) is 9.23. The molecule has 0 spiro atoms. The van der Waals surface area contributed by atoms with Crippen molar-refractivity contribution in [2.45, 2.75) is 6.92 Å². The first-order chi connectivity index (χ1) is 15.5. The zero-order valence-corrected chi connectivity index (χ0v) is 19.2. The molecule has 7 nitrogen and oxygen atoms in total. The predicted molar refractivity (Wildman–Crippen MR) is 129 cm³/mol. The summed E-state index contributed by atoms with van der Waals surface area (Å²) in [4.78, 5) is 21.6. The number of nitrogens with zero attached hydrogens (tertiary/aromatic N) is 3. The van der Waals surface area contributed by atoms with Crippen LogP contribution in [0, 0.1) is 0 Å². The maximum atomic E-state index is 13.3. The molecule has 9 heteroatoms. The minimum Gasteiger partial charge on any atom is -0.495 e. The van der Waals surface area contributed by atoms with E-state index >= 15 is 0 Å². The number of aromatic nitrogens is 2. The van der Waals surface area contributed by atoms with Gasteiger partial charge in [0.1, 0.15) is 5.75 Å². The number of carbonyl (C=O) groups excluding carboxylic acids is 1. The summed E-state index contributed by atoms with van der Waals surface area (Å²) in [5, 5.41) is 4.90. The number of hydrogen-bond acceptors (Lipinski definition) is 5. The summed E-state index contributed by atoms with van der Waals surface area (Å²) in [5.74, 6) is 0.290. The Balaban J connectivity index is 1.92. The number of aryl methyl sites for hydroxylation is 1. The molecule has 4 rings (SSSR count). The maximum Gasteiger partial charge on any atom is 0.256 e. The Kier molecular flexibility index (Phi) is 6.21. The van der Waals surface area contributed by atoms with E-state index in [1.54, 1.807) is 19.2 Å². The highest BCUT2D eigenvalue weighted by molar-refractivity contribution is 6.40. The highest BCUT2D eigenvalue weighted by Gasteiger charge is 2.21. The van der Waals surface area contributed by atoms with Gasteiger partial charge < -0.3 is 19.4 Å². The summed E-state index contributed by atoms with van der Waals surface area (Å²) in [6.07, 6.45) is 4.26. The van der Waals surface area contributed by atoms with Crippen molar-refractivity contribution in [3.63, 3.8) is 0 Å². The van der Waals surface area contributed by atoms with E-state index in [2.05, 4.69) is 15.3 Å². The van der Waals surface area contributed by atoms with Crippen molar-refractivity contribution in [1.29, 1.82) is 0 Å². The first-order valence-corrected chi connectivity index (χ1v) is 10.6. The van der Waals surface area contributed by atoms with Gasteiger partial charge in [-0.25, -0.2) is 4.99 Å². The molecule has 0 saturated carbocycles. The third-order valence-electron chi connectivity index (χ3n) is 5.09. The molecule has 0 unspecified atom stereocenters. The van der Waals surface area contributed by atoms with Crippen molar-refractivity contribution in [1.82, 2.24) is 9.55 Å². The van der Waals surface area contributed by atoms with Gasteiger partial charge in [-0.15, -0.1) is 0 Å². The van der Waals surface area contributed by atoms with Gasteiger partial charge in [0.15, 0.2) is 6.40 Å². The number of anilines is 1. The van der Waals surface area contributed by atoms with Gasteiger partial charge in [0.2, 0.25) is 0 Å². The number of hydrogen-bond donors (Lipinski definition) is 1. The topological polar surface area (TPSA) is 77.7 Å². The molecule has 2 aromatic heterocycles. The molecule has 32 heavy (non-hydrogen) atoms. The maximum absolute atomic E-state index is 13.3. The number of carbonyl (C=O) groups is 1. The lowest BCUT2D eigenvalue weighted by Crippen LogP contribution is -2.13. The van der Waals surface area contributed by atoms with Crippen molar-refractivity contribution >= 4 is 68.7 Å². The number of aliphatic imine (C=N–C) groups is 1. The molecule has 0 aliphatic heterocycles. The molecule has 0 aliphatic carbocycles. The van der Waals surface area contributed by atoms with Crippen LogP contribution in [0.2, 0.25) is 10.0 Å². The zero-order valence-electron chi connectivity index (χ0n) is 17.6. The fourth-order valence-electron chi connectivity index (χ4n) is 3.63. The predicted octanol–water partition coefficient (Wildman–Crippen LogP) is 5.99. The van der Waals surface area contributed by atoms with E-state index in [0.29, 0.717) is 29.3 Å². The molecule has 0 fully saturated rings. The molecule has 1 amide bonds. The largest absolute Gasteiger partial charge is 0.495 e. The SMILES string of the molecule is CCOC=Nc1ccc2c(c1)c1c(C(=O)Nc3c(Cl)cncc3Cl)ccc(OC)c1n2C. The lowest BCUT2D eigenvalue weighted by molar-refractivity contribution is 0.102. The van der Waals surface area contributed by atoms with Crippen LogP contribution < -0.4 is 10.1 Å². The minimum absolute atomic E-state index is 0.251. The Morgan fingerprint density at radius 2 is 1.97 bits per heavy atom. The van der Waals surface area contributed by atoms with E-state index in [9.17, 15) is 4.79 Å². The van der Waals surface area contributed by atoms with Crippen molar-refractivity contribution in [3.8, 4) is 5.75 Å². The van der Waals surface area contributed by atoms with Gasteiger partial charge >= 0.3 is 0 Å². The van der Waals surface area contributed by atoms with Crippen LogP contribution in [0.5, 0.6) is 5.75 Å². The zero-order chi connectivity index (χ0) is 22.8. The Bertz CT molecular complexity index is 1340. The third kappa shape index (κ3) is 3.85. The Morgan fingerprint density at radius 1 is 1.22 bits per heavy atom. The van der Waals surface area contributed by atoms with Crippen LogP contribution in [0.3, 0.4) is 0 Å². The smallest absolute Gasteiger partial charge is 0.256 e. The molecular formula is C23H20Cl2N4O3. The molecule has 164 valence electrons. The lowest BCUT2D eigenvalue weighted by Gasteiger charge is -2.11. The fourth-order valence-corrected chi connectivity index (χ4v) is 4.09. The van der Waals surface area contributed by atoms with Gasteiger partial charge in [0.25, 0.3) is 5.91 Å². The summed E-state index contributed by atoms with van der Waals surface area (Å²) >= 11 is 12.4. The first kappa shape index (κ1) is 21.9. The summed E-state index contributed by atoms with van der Waals surface area (Å²) in [7, 11) is 3.52. The molecule has 0 bridgehead atoms. The molecule has 0 aliphatic rings. The van der Waals surface area contributed by atoms with Gasteiger partial charge in [0.05, 0.1) is 40.7 Å². The van der Waals surface area contributed by atoms with Gasteiger partial charge in [-0.3, -0.25) is 9.78 Å². The number of ether oxygens (including phenoxy) is 2. The summed E-state index contributed by atoms with van der Waals surface area (Å²) < 4.78 is 12.8. The van der Waals surface area contributed by atoms with E-state index in [0.717, 1.165) is 21.8 Å². The molecule has 0 saturated heterocycles. The second-order valence-corrected chi connectivity index (χ2v) is 7.74. The number of fused-ring (bicyclic) bond motifs is 3. The Morgan fingerprint density at radius 3 is 2.66 bits per heavy atom. The lowest BCUT2D eigenvalue weighted by atomic mass is 10.0. The number of halogens is 2. The van der Waals surface area contributed by atoms with Crippen LogP contribution >= 0.6 is 23.2 Å². The van der Waals surface area contributed by atoms with E-state index in [1.807, 2.05) is 36.7 Å². The van der Waals surface area contributed by atoms with Crippen molar-refractivity contribution in [2.75, 3.05) is 19.0 Å². The monoisotopic (exact) mass is 470 g/mol. The van der Waals surface area contributed by atoms with Crippen LogP contribution in [0.1, 0.15) is 17.3 Å². The normalized spacial score (nSPS) is 11.4. The number of nitrogens with one attached hydrogen (secondary N) is 1. The molecule has 0 radical (unpaired) electrons. The number of benzene rings is 2. The Hall–Kier alpha value is -3.29. The quantitative estimate of drug-likeness (QED) is 0.277. The van der Waals surface area contributed by atoms with Gasteiger partial charge in [0, 0.05) is 41.3 Å². The highest BCUT2D eigenvalue weighted by atomic mass is 35.5. The van der Waals surface area contributed by atoms with Gasteiger partial charge in [-0.2, -0.15) is 0 Å². The van der Waals surface area contributed by atoms with E-state index in [4.69, 9.17) is 32.7 Å². The molecule has 1 N–H and O–H groups in total. The van der Waals surface area contributed by atoms with Crippen molar-refractivity contribution < 1.29 is 14.3 Å². The fraction of sp³-hybridized carbons (Fsp3) is 0.174. The minimum atomic E-state index is -0.358. The van der Waals surface area contributed by atoms with E-state index in [-0.39, 0.29) is 16.0 Å². The standard InChI is InChI=1S/C23H20Cl2N4O3/c1-4-32-12-27-13-5-7-18-15(9-13)20-14(6-8-19(31-3)22(20)29(18)2)23(30)28-21-16(24)10-26-11-17(21)25/h5-12H,4H2,1-3H3,(H,26,28,30). The number of amides is 1. The van der Waals surface area contributed by atoms with Crippen LogP contribution in [0.15, 0.2) is 47.7 Å². The molecule has 2 heterocycles. The average molecular weight is 471 g/mol. The third-order valence-corrected chi connectivity index (χ3v) is 5.66. The van der Waals surface area contributed by atoms with E-state index < -0.39 is 0 Å². The first-order valence-electron chi connectivity index (χ1n) is 9.79. The summed E-state index contributed by atoms with van der Waals surface area (Å²) in [6.45, 7) is 2.42. The van der Waals surface area contributed by atoms with Crippen LogP contribution in [0.4, 0.5) is 11.4 Å². The van der Waals surface area contributed by atoms with E-state index in [1.165, 1.54) is 18.8 Å². The highest BCUT2D eigenvalue weighted by Crippen LogP contribution is 2.39. The average Bonchev–Trinajstić information content (AvgIpc) is 3.08. The summed E-state index contributed by atoms with van der Waals surface area (Å²) in [5.41, 5.74) is 3.16. The number of methoxy groups -OCH3 is 1. The van der Waals surface area contributed by atoms with Crippen LogP contribution in [-0.2, 0) is 11.8 Å². The van der Waals surface area contributed by atoms with Crippen molar-refractivity contribution in [3.05, 3.63) is 58.3 Å². The van der Waals surface area contributed by atoms with Gasteiger partial charge in [-0.05, 0) is 37.3 Å². The number of pyridine rings is 1. The Labute approximate surface area is 194 Å².